The summed E-state index contributed by atoms with van der Waals surface area (Å²) in [6, 6.07) is -1.44. The van der Waals surface area contributed by atoms with E-state index in [-0.39, 0.29) is 0 Å². The molecule has 0 bridgehead atoms. The van der Waals surface area contributed by atoms with Crippen LogP contribution in [0.2, 0.25) is 0 Å². The Labute approximate surface area is 137 Å². The van der Waals surface area contributed by atoms with Gasteiger partial charge in [0.15, 0.2) is 17.2 Å². The average Bonchev–Trinajstić information content (AvgIpc) is 2.36. The molecule has 11 heteroatoms. The first-order valence-electron chi connectivity index (χ1n) is 6.45. The molecule has 7 nitrogen and oxygen atoms in total. The molecule has 1 aliphatic heterocycles. The molecular formula is C12H15BrF3NO6. The van der Waals surface area contributed by atoms with Crippen LogP contribution in [-0.2, 0) is 28.6 Å². The molecule has 0 aromatic rings. The second-order valence-electron chi connectivity index (χ2n) is 4.84. The van der Waals surface area contributed by atoms with Crippen molar-refractivity contribution in [2.24, 2.45) is 0 Å². The van der Waals surface area contributed by atoms with Crippen molar-refractivity contribution in [3.63, 3.8) is 0 Å². The van der Waals surface area contributed by atoms with Crippen LogP contribution < -0.4 is 5.32 Å². The Kier molecular flexibility index (Phi) is 6.40. The van der Waals surface area contributed by atoms with Crippen LogP contribution in [0.5, 0.6) is 0 Å². The van der Waals surface area contributed by atoms with Gasteiger partial charge < -0.3 is 19.5 Å². The van der Waals surface area contributed by atoms with E-state index in [0.29, 0.717) is 0 Å². The zero-order valence-electron chi connectivity index (χ0n) is 12.3. The van der Waals surface area contributed by atoms with Gasteiger partial charge in [-0.3, -0.25) is 14.4 Å². The third-order valence-corrected chi connectivity index (χ3v) is 3.67. The number of carbonyl (C=O) groups is 3. The summed E-state index contributed by atoms with van der Waals surface area (Å²) in [6.45, 7) is 3.54. The van der Waals surface area contributed by atoms with E-state index in [1.807, 2.05) is 0 Å². The summed E-state index contributed by atoms with van der Waals surface area (Å²) in [5.41, 5.74) is 0. The molecule has 0 aromatic heterocycles. The smallest absolute Gasteiger partial charge is 0.457 e. The van der Waals surface area contributed by atoms with Crippen LogP contribution in [0.25, 0.3) is 0 Å². The van der Waals surface area contributed by atoms with Gasteiger partial charge in [0.25, 0.3) is 0 Å². The molecule has 1 heterocycles. The van der Waals surface area contributed by atoms with Crippen molar-refractivity contribution in [1.29, 1.82) is 0 Å². The third kappa shape index (κ3) is 5.34. The number of ether oxygens (including phenoxy) is 3. The van der Waals surface area contributed by atoms with Gasteiger partial charge in [0.05, 0.1) is 6.10 Å². The first kappa shape index (κ1) is 19.7. The van der Waals surface area contributed by atoms with Crippen LogP contribution in [0, 0.1) is 0 Å². The summed E-state index contributed by atoms with van der Waals surface area (Å²) in [5.74, 6) is -3.83. The minimum Gasteiger partial charge on any atom is -0.457 e. The fraction of sp³-hybridized carbons (Fsp3) is 0.750. The van der Waals surface area contributed by atoms with Crippen LogP contribution in [0.4, 0.5) is 13.2 Å². The van der Waals surface area contributed by atoms with Crippen molar-refractivity contribution in [2.45, 2.75) is 56.3 Å². The van der Waals surface area contributed by atoms with Gasteiger partial charge in [-0.25, -0.2) is 0 Å². The fourth-order valence-electron chi connectivity index (χ4n) is 2.08. The number of halogens is 4. The predicted octanol–water partition coefficient (Wildman–Crippen LogP) is 1.04. The molecule has 0 radical (unpaired) electrons. The minimum atomic E-state index is -5.15. The highest BCUT2D eigenvalue weighted by Gasteiger charge is 2.51. The Morgan fingerprint density at radius 2 is 1.57 bits per heavy atom. The molecule has 5 atom stereocenters. The Bertz CT molecular complexity index is 458. The number of hydrogen-bond donors (Lipinski definition) is 1. The van der Waals surface area contributed by atoms with Gasteiger partial charge in [-0.05, 0) is 6.92 Å². The van der Waals surface area contributed by atoms with Crippen LogP contribution in [0.3, 0.4) is 0 Å². The molecule has 1 saturated heterocycles. The molecule has 0 spiro atoms. The van der Waals surface area contributed by atoms with E-state index in [2.05, 4.69) is 15.9 Å². The monoisotopic (exact) mass is 405 g/mol. The SMILES string of the molecule is CC(=O)O[C@H]1[C@H](NC(=O)C(F)(F)F)[C@H](OC(C)=O)[C@@H](Br)O[C@@H]1C. The van der Waals surface area contributed by atoms with E-state index in [1.54, 1.807) is 5.32 Å². The standard InChI is InChI=1S/C12H15BrF3NO6/c1-4-8(22-5(2)18)7(17-11(20)12(14,15)16)9(10(13)21-4)23-6(3)19/h4,7-10H,1-3H3,(H,17,20)/t4-,7+,8-,9+,10+/m1/s1. The summed E-state index contributed by atoms with van der Waals surface area (Å²) < 4.78 is 52.7. The molecular weight excluding hydrogens is 391 g/mol. The van der Waals surface area contributed by atoms with Crippen LogP contribution in [0.1, 0.15) is 20.8 Å². The van der Waals surface area contributed by atoms with E-state index in [1.165, 1.54) is 6.92 Å². The molecule has 1 aliphatic rings. The molecule has 0 unspecified atom stereocenters. The van der Waals surface area contributed by atoms with Gasteiger partial charge in [-0.1, -0.05) is 15.9 Å². The van der Waals surface area contributed by atoms with E-state index in [9.17, 15) is 27.6 Å². The van der Waals surface area contributed by atoms with E-state index < -0.39 is 53.4 Å². The van der Waals surface area contributed by atoms with Gasteiger partial charge in [0.1, 0.15) is 6.04 Å². The molecule has 0 aromatic carbocycles. The third-order valence-electron chi connectivity index (χ3n) is 2.93. The maximum Gasteiger partial charge on any atom is 0.471 e. The summed E-state index contributed by atoms with van der Waals surface area (Å²) in [5, 5.41) is 0.708. The van der Waals surface area contributed by atoms with E-state index in [0.717, 1.165) is 13.8 Å². The molecule has 132 valence electrons. The highest BCUT2D eigenvalue weighted by atomic mass is 79.9. The van der Waals surface area contributed by atoms with Crippen LogP contribution in [0.15, 0.2) is 0 Å². The molecule has 23 heavy (non-hydrogen) atoms. The fourth-order valence-corrected chi connectivity index (χ4v) is 2.86. The van der Waals surface area contributed by atoms with Gasteiger partial charge in [-0.15, -0.1) is 0 Å². The van der Waals surface area contributed by atoms with Crippen molar-refractivity contribution >= 4 is 33.8 Å². The van der Waals surface area contributed by atoms with Crippen molar-refractivity contribution in [3.8, 4) is 0 Å². The molecule has 1 amide bonds. The average molecular weight is 406 g/mol. The molecule has 1 rings (SSSR count). The van der Waals surface area contributed by atoms with Crippen molar-refractivity contribution < 1.29 is 41.8 Å². The van der Waals surface area contributed by atoms with Gasteiger partial charge in [0.2, 0.25) is 0 Å². The highest BCUT2D eigenvalue weighted by molar-refractivity contribution is 9.09. The molecule has 1 fully saturated rings. The number of hydrogen-bond acceptors (Lipinski definition) is 6. The topological polar surface area (TPSA) is 90.9 Å². The molecule has 1 N–H and O–H groups in total. The number of alkyl halides is 4. The molecule has 0 aliphatic carbocycles. The number of nitrogens with one attached hydrogen (secondary N) is 1. The maximum atomic E-state index is 12.5. The zero-order chi connectivity index (χ0) is 17.9. The van der Waals surface area contributed by atoms with Crippen molar-refractivity contribution in [2.75, 3.05) is 0 Å². The summed E-state index contributed by atoms with van der Waals surface area (Å²) in [7, 11) is 0. The number of rotatable bonds is 3. The lowest BCUT2D eigenvalue weighted by molar-refractivity contribution is -0.200. The highest BCUT2D eigenvalue weighted by Crippen LogP contribution is 2.30. The van der Waals surface area contributed by atoms with Gasteiger partial charge >= 0.3 is 24.0 Å². The Hall–Kier alpha value is -1.36. The Morgan fingerprint density at radius 3 is 2.00 bits per heavy atom. The zero-order valence-corrected chi connectivity index (χ0v) is 13.9. The van der Waals surface area contributed by atoms with Crippen molar-refractivity contribution in [3.05, 3.63) is 0 Å². The Balaban J connectivity index is 3.12. The number of esters is 2. The first-order chi connectivity index (χ1) is 10.4. The minimum absolute atomic E-state index is 0.786. The summed E-state index contributed by atoms with van der Waals surface area (Å²) in [6.07, 6.45) is -8.59. The first-order valence-corrected chi connectivity index (χ1v) is 7.36. The second-order valence-corrected chi connectivity index (χ2v) is 5.74. The van der Waals surface area contributed by atoms with Gasteiger partial charge in [-0.2, -0.15) is 13.2 Å². The lowest BCUT2D eigenvalue weighted by atomic mass is 9.97. The normalized spacial score (nSPS) is 31.2. The van der Waals surface area contributed by atoms with Crippen LogP contribution in [-0.4, -0.2) is 53.4 Å². The summed E-state index contributed by atoms with van der Waals surface area (Å²) >= 11 is 3.03. The summed E-state index contributed by atoms with van der Waals surface area (Å²) in [4.78, 5) is 33.6. The number of amides is 1. The van der Waals surface area contributed by atoms with E-state index >= 15 is 0 Å². The van der Waals surface area contributed by atoms with E-state index in [4.69, 9.17) is 14.2 Å². The van der Waals surface area contributed by atoms with Crippen LogP contribution >= 0.6 is 15.9 Å². The second kappa shape index (κ2) is 7.47. The lowest BCUT2D eigenvalue weighted by Gasteiger charge is -2.43. The quantitative estimate of drug-likeness (QED) is 0.557. The molecule has 0 saturated carbocycles. The van der Waals surface area contributed by atoms with Crippen molar-refractivity contribution in [1.82, 2.24) is 5.32 Å². The largest absolute Gasteiger partial charge is 0.471 e. The predicted molar refractivity (Wildman–Crippen MR) is 72.4 cm³/mol. The van der Waals surface area contributed by atoms with Gasteiger partial charge in [0, 0.05) is 13.8 Å². The maximum absolute atomic E-state index is 12.5. The number of carbonyl (C=O) groups excluding carboxylic acids is 3. The lowest BCUT2D eigenvalue weighted by Crippen LogP contribution is -2.65. The Morgan fingerprint density at radius 1 is 1.09 bits per heavy atom.